The molecule has 0 bridgehead atoms. The summed E-state index contributed by atoms with van der Waals surface area (Å²) in [5.74, 6) is 0. The smallest absolute Gasteiger partial charge is 0.282 e. The van der Waals surface area contributed by atoms with E-state index in [1.807, 2.05) is 0 Å². The second kappa shape index (κ2) is 5.20. The van der Waals surface area contributed by atoms with Crippen LogP contribution in [0.2, 0.25) is 5.02 Å². The molecule has 2 aromatic rings. The van der Waals surface area contributed by atoms with Gasteiger partial charge >= 0.3 is 0 Å². The number of halogens is 1. The monoisotopic (exact) mass is 313 g/mol. The fourth-order valence-corrected chi connectivity index (χ4v) is 3.08. The molecule has 0 amide bonds. The lowest BCUT2D eigenvalue weighted by molar-refractivity contribution is -0.384. The largest absolute Gasteiger partial charge is 0.296 e. The van der Waals surface area contributed by atoms with Crippen LogP contribution in [0.3, 0.4) is 0 Å². The van der Waals surface area contributed by atoms with Crippen molar-refractivity contribution >= 4 is 27.4 Å². The summed E-state index contributed by atoms with van der Waals surface area (Å²) in [5.41, 5.74) is -0.409. The molecule has 0 unspecified atom stereocenters. The molecule has 0 radical (unpaired) electrons. The van der Waals surface area contributed by atoms with Crippen LogP contribution in [0.4, 0.5) is 5.69 Å². The van der Waals surface area contributed by atoms with Crippen LogP contribution in [0, 0.1) is 10.1 Å². The van der Waals surface area contributed by atoms with E-state index in [1.54, 1.807) is 18.2 Å². The van der Waals surface area contributed by atoms with E-state index in [2.05, 4.69) is 0 Å². The topological polar surface area (TPSA) is 97.5 Å². The number of nitro groups is 1. The Morgan fingerprint density at radius 1 is 1.10 bits per heavy atom. The molecule has 104 valence electrons. The van der Waals surface area contributed by atoms with Crippen LogP contribution in [0.1, 0.15) is 0 Å². The highest BCUT2D eigenvalue weighted by atomic mass is 35.5. The molecule has 0 aliphatic heterocycles. The minimum atomic E-state index is -4.70. The van der Waals surface area contributed by atoms with Gasteiger partial charge < -0.3 is 0 Å². The average Bonchev–Trinajstić information content (AvgIpc) is 2.37. The number of nitrogens with zero attached hydrogens (tertiary/aromatic N) is 1. The second-order valence-electron chi connectivity index (χ2n) is 3.87. The van der Waals surface area contributed by atoms with E-state index in [0.717, 1.165) is 12.1 Å². The zero-order chi connectivity index (χ0) is 14.9. The van der Waals surface area contributed by atoms with Gasteiger partial charge in [-0.25, -0.2) is 0 Å². The quantitative estimate of drug-likeness (QED) is 0.533. The van der Waals surface area contributed by atoms with Crippen molar-refractivity contribution in [1.82, 2.24) is 0 Å². The third-order valence-corrected chi connectivity index (χ3v) is 3.97. The molecule has 1 N–H and O–H groups in total. The summed E-state index contributed by atoms with van der Waals surface area (Å²) < 4.78 is 32.2. The average molecular weight is 314 g/mol. The van der Waals surface area contributed by atoms with Crippen molar-refractivity contribution < 1.29 is 17.9 Å². The summed E-state index contributed by atoms with van der Waals surface area (Å²) in [5, 5.41) is 10.8. The molecule has 0 atom stereocenters. The molecular weight excluding hydrogens is 306 g/mol. The van der Waals surface area contributed by atoms with Gasteiger partial charge in [0.1, 0.15) is 4.90 Å². The molecular formula is C12H8ClNO5S. The van der Waals surface area contributed by atoms with Gasteiger partial charge in [-0.3, -0.25) is 14.7 Å². The van der Waals surface area contributed by atoms with Crippen LogP contribution >= 0.6 is 11.6 Å². The predicted molar refractivity (Wildman–Crippen MR) is 73.4 cm³/mol. The maximum atomic E-state index is 11.5. The summed E-state index contributed by atoms with van der Waals surface area (Å²) >= 11 is 5.78. The molecule has 2 aromatic carbocycles. The van der Waals surface area contributed by atoms with Crippen LogP contribution in [0.5, 0.6) is 0 Å². The minimum absolute atomic E-state index is 0.231. The van der Waals surface area contributed by atoms with Crippen LogP contribution < -0.4 is 0 Å². The minimum Gasteiger partial charge on any atom is -0.282 e. The molecule has 2 rings (SSSR count). The lowest BCUT2D eigenvalue weighted by Crippen LogP contribution is -2.04. The van der Waals surface area contributed by atoms with Gasteiger partial charge in [0.05, 0.1) is 15.5 Å². The summed E-state index contributed by atoms with van der Waals surface area (Å²) in [6.07, 6.45) is 0. The lowest BCUT2D eigenvalue weighted by atomic mass is 10.0. The van der Waals surface area contributed by atoms with Crippen LogP contribution in [0.25, 0.3) is 11.1 Å². The van der Waals surface area contributed by atoms with Crippen molar-refractivity contribution in [1.29, 1.82) is 0 Å². The van der Waals surface area contributed by atoms with Gasteiger partial charge in [0.25, 0.3) is 15.8 Å². The van der Waals surface area contributed by atoms with Crippen molar-refractivity contribution in [3.05, 3.63) is 57.6 Å². The number of rotatable bonds is 3. The van der Waals surface area contributed by atoms with Gasteiger partial charge in [0.2, 0.25) is 0 Å². The van der Waals surface area contributed by atoms with Gasteiger partial charge in [-0.1, -0.05) is 41.9 Å². The normalized spacial score (nSPS) is 11.3. The fraction of sp³-hybridized carbons (Fsp3) is 0. The van der Waals surface area contributed by atoms with E-state index >= 15 is 0 Å². The Morgan fingerprint density at radius 3 is 2.20 bits per heavy atom. The molecule has 0 spiro atoms. The van der Waals surface area contributed by atoms with E-state index in [9.17, 15) is 23.1 Å². The number of hydrogen-bond donors (Lipinski definition) is 1. The van der Waals surface area contributed by atoms with Gasteiger partial charge in [-0.15, -0.1) is 0 Å². The van der Waals surface area contributed by atoms with Crippen LogP contribution in [0.15, 0.2) is 47.4 Å². The van der Waals surface area contributed by atoms with Gasteiger partial charge in [-0.2, -0.15) is 8.42 Å². The van der Waals surface area contributed by atoms with Crippen molar-refractivity contribution in [2.24, 2.45) is 0 Å². The number of hydrogen-bond acceptors (Lipinski definition) is 4. The standard InChI is InChI=1S/C12H8ClNO5S/c13-9-6-7-10(14(15)16)11(12(9)20(17,18)19)8-4-2-1-3-5-8/h1-7H,(H,17,18,19). The van der Waals surface area contributed by atoms with Crippen molar-refractivity contribution in [2.45, 2.75) is 4.90 Å². The molecule has 0 aromatic heterocycles. The molecule has 0 fully saturated rings. The molecule has 0 saturated heterocycles. The Kier molecular flexibility index (Phi) is 3.76. The molecule has 0 aliphatic rings. The Labute approximate surface area is 119 Å². The third kappa shape index (κ3) is 2.64. The van der Waals surface area contributed by atoms with E-state index in [4.69, 9.17) is 11.6 Å². The highest BCUT2D eigenvalue weighted by molar-refractivity contribution is 7.86. The molecule has 0 heterocycles. The van der Waals surface area contributed by atoms with E-state index in [1.165, 1.54) is 12.1 Å². The van der Waals surface area contributed by atoms with Crippen molar-refractivity contribution in [3.63, 3.8) is 0 Å². The Balaban J connectivity index is 2.95. The fourth-order valence-electron chi connectivity index (χ4n) is 1.83. The maximum absolute atomic E-state index is 11.5. The SMILES string of the molecule is O=[N+]([O-])c1ccc(Cl)c(S(=O)(=O)O)c1-c1ccccc1. The summed E-state index contributed by atoms with van der Waals surface area (Å²) in [6.45, 7) is 0. The zero-order valence-electron chi connectivity index (χ0n) is 9.86. The number of benzene rings is 2. The zero-order valence-corrected chi connectivity index (χ0v) is 11.4. The highest BCUT2D eigenvalue weighted by Gasteiger charge is 2.28. The molecule has 0 saturated carbocycles. The lowest BCUT2D eigenvalue weighted by Gasteiger charge is -2.09. The first-order valence-electron chi connectivity index (χ1n) is 5.32. The summed E-state index contributed by atoms with van der Waals surface area (Å²) in [6, 6.07) is 10.0. The second-order valence-corrected chi connectivity index (χ2v) is 5.63. The first-order chi connectivity index (χ1) is 9.32. The Hall–Kier alpha value is -1.96. The molecule has 20 heavy (non-hydrogen) atoms. The first-order valence-corrected chi connectivity index (χ1v) is 7.14. The van der Waals surface area contributed by atoms with Gasteiger partial charge in [0.15, 0.2) is 0 Å². The van der Waals surface area contributed by atoms with E-state index in [0.29, 0.717) is 0 Å². The summed E-state index contributed by atoms with van der Waals surface area (Å²) in [7, 11) is -4.70. The van der Waals surface area contributed by atoms with Crippen molar-refractivity contribution in [3.8, 4) is 11.1 Å². The first kappa shape index (κ1) is 14.4. The van der Waals surface area contributed by atoms with Gasteiger partial charge in [-0.05, 0) is 11.6 Å². The molecule has 6 nitrogen and oxygen atoms in total. The van der Waals surface area contributed by atoms with Crippen molar-refractivity contribution in [2.75, 3.05) is 0 Å². The third-order valence-electron chi connectivity index (χ3n) is 2.60. The maximum Gasteiger partial charge on any atom is 0.296 e. The van der Waals surface area contributed by atoms with E-state index in [-0.39, 0.29) is 16.1 Å². The van der Waals surface area contributed by atoms with Gasteiger partial charge in [0, 0.05) is 6.07 Å². The molecule has 0 aliphatic carbocycles. The highest BCUT2D eigenvalue weighted by Crippen LogP contribution is 2.39. The number of nitro benzene ring substituents is 1. The summed E-state index contributed by atoms with van der Waals surface area (Å²) in [4.78, 5) is 9.68. The predicted octanol–water partition coefficient (Wildman–Crippen LogP) is 3.16. The Morgan fingerprint density at radius 2 is 1.70 bits per heavy atom. The Bertz CT molecular complexity index is 774. The van der Waals surface area contributed by atoms with E-state index < -0.39 is 25.6 Å². The van der Waals surface area contributed by atoms with Crippen LogP contribution in [-0.2, 0) is 10.1 Å². The van der Waals surface area contributed by atoms with Crippen LogP contribution in [-0.4, -0.2) is 17.9 Å². The molecule has 8 heteroatoms.